The van der Waals surface area contributed by atoms with Gasteiger partial charge in [0.1, 0.15) is 5.76 Å². The second-order valence-corrected chi connectivity index (χ2v) is 3.30. The van der Waals surface area contributed by atoms with Crippen LogP contribution in [0.15, 0.2) is 23.1 Å². The van der Waals surface area contributed by atoms with Gasteiger partial charge in [0, 0.05) is 11.6 Å². The van der Waals surface area contributed by atoms with Gasteiger partial charge in [0.05, 0.1) is 12.7 Å². The number of rotatable bonds is 1. The van der Waals surface area contributed by atoms with Crippen molar-refractivity contribution < 1.29 is 17.9 Å². The van der Waals surface area contributed by atoms with E-state index in [1.807, 2.05) is 0 Å². The molecule has 1 rings (SSSR count). The molecule has 0 aromatic heterocycles. The molecule has 0 aliphatic heterocycles. The molecule has 0 aromatic carbocycles. The third kappa shape index (κ3) is 2.02. The SMILES string of the molecule is COC1=C(C(F)(F)F)C=C(N)CC1C. The highest BCUT2D eigenvalue weighted by atomic mass is 19.4. The van der Waals surface area contributed by atoms with Gasteiger partial charge >= 0.3 is 6.18 Å². The number of hydrogen-bond donors (Lipinski definition) is 1. The summed E-state index contributed by atoms with van der Waals surface area (Å²) in [6, 6.07) is 0. The number of nitrogens with two attached hydrogens (primary N) is 1. The Morgan fingerprint density at radius 3 is 2.50 bits per heavy atom. The Morgan fingerprint density at radius 1 is 1.50 bits per heavy atom. The summed E-state index contributed by atoms with van der Waals surface area (Å²) in [4.78, 5) is 0. The van der Waals surface area contributed by atoms with Gasteiger partial charge in [-0.25, -0.2) is 0 Å². The minimum atomic E-state index is -4.40. The first-order valence-electron chi connectivity index (χ1n) is 4.17. The largest absolute Gasteiger partial charge is 0.500 e. The third-order valence-corrected chi connectivity index (χ3v) is 2.11. The average molecular weight is 207 g/mol. The van der Waals surface area contributed by atoms with Crippen molar-refractivity contribution in [2.45, 2.75) is 19.5 Å². The molecule has 0 bridgehead atoms. The number of halogens is 3. The topological polar surface area (TPSA) is 35.2 Å². The summed E-state index contributed by atoms with van der Waals surface area (Å²) < 4.78 is 42.2. The lowest BCUT2D eigenvalue weighted by Gasteiger charge is -2.24. The van der Waals surface area contributed by atoms with Crippen LogP contribution in [-0.2, 0) is 4.74 Å². The number of allylic oxidation sites excluding steroid dienone is 4. The molecule has 0 fully saturated rings. The number of alkyl halides is 3. The molecule has 0 amide bonds. The minimum absolute atomic E-state index is 0.0355. The maximum atomic E-state index is 12.5. The lowest BCUT2D eigenvalue weighted by atomic mass is 9.93. The molecule has 5 heteroatoms. The first-order valence-corrected chi connectivity index (χ1v) is 4.17. The van der Waals surface area contributed by atoms with E-state index in [9.17, 15) is 13.2 Å². The normalized spacial score (nSPS) is 23.5. The minimum Gasteiger partial charge on any atom is -0.500 e. The molecular formula is C9H12F3NO. The molecule has 2 nitrogen and oxygen atoms in total. The van der Waals surface area contributed by atoms with Crippen molar-refractivity contribution in [3.8, 4) is 0 Å². The van der Waals surface area contributed by atoms with Crippen LogP contribution in [0.4, 0.5) is 13.2 Å². The highest BCUT2D eigenvalue weighted by Gasteiger charge is 2.39. The van der Waals surface area contributed by atoms with E-state index in [0.29, 0.717) is 6.42 Å². The zero-order chi connectivity index (χ0) is 10.9. The van der Waals surface area contributed by atoms with Crippen LogP contribution in [-0.4, -0.2) is 13.3 Å². The molecule has 0 spiro atoms. The van der Waals surface area contributed by atoms with E-state index < -0.39 is 11.7 Å². The second kappa shape index (κ2) is 3.55. The van der Waals surface area contributed by atoms with Crippen molar-refractivity contribution in [3.63, 3.8) is 0 Å². The van der Waals surface area contributed by atoms with Gasteiger partial charge in [-0.1, -0.05) is 6.92 Å². The van der Waals surface area contributed by atoms with Crippen molar-refractivity contribution >= 4 is 0 Å². The molecule has 80 valence electrons. The summed E-state index contributed by atoms with van der Waals surface area (Å²) in [5, 5.41) is 0. The summed E-state index contributed by atoms with van der Waals surface area (Å²) in [6.45, 7) is 1.66. The first kappa shape index (κ1) is 10.9. The van der Waals surface area contributed by atoms with Crippen molar-refractivity contribution in [2.75, 3.05) is 7.11 Å². The van der Waals surface area contributed by atoms with E-state index in [4.69, 9.17) is 10.5 Å². The molecular weight excluding hydrogens is 195 g/mol. The maximum absolute atomic E-state index is 12.5. The fourth-order valence-electron chi connectivity index (χ4n) is 1.56. The van der Waals surface area contributed by atoms with Crippen molar-refractivity contribution in [3.05, 3.63) is 23.1 Å². The zero-order valence-corrected chi connectivity index (χ0v) is 7.98. The molecule has 1 atom stereocenters. The molecule has 14 heavy (non-hydrogen) atoms. The van der Waals surface area contributed by atoms with Gasteiger partial charge in [-0.2, -0.15) is 13.2 Å². The van der Waals surface area contributed by atoms with Crippen LogP contribution in [0.1, 0.15) is 13.3 Å². The van der Waals surface area contributed by atoms with E-state index in [2.05, 4.69) is 0 Å². The molecule has 1 aliphatic carbocycles. The summed E-state index contributed by atoms with van der Waals surface area (Å²) in [6.07, 6.45) is -3.05. The smallest absolute Gasteiger partial charge is 0.419 e. The van der Waals surface area contributed by atoms with Gasteiger partial charge < -0.3 is 10.5 Å². The van der Waals surface area contributed by atoms with E-state index >= 15 is 0 Å². The molecule has 0 saturated heterocycles. The van der Waals surface area contributed by atoms with Crippen molar-refractivity contribution in [2.24, 2.45) is 11.7 Å². The Morgan fingerprint density at radius 2 is 2.07 bits per heavy atom. The molecule has 1 unspecified atom stereocenters. The number of hydrogen-bond acceptors (Lipinski definition) is 2. The molecule has 0 heterocycles. The van der Waals surface area contributed by atoms with Crippen LogP contribution in [0, 0.1) is 5.92 Å². The van der Waals surface area contributed by atoms with Crippen LogP contribution in [0.5, 0.6) is 0 Å². The summed E-state index contributed by atoms with van der Waals surface area (Å²) in [5.74, 6) is -0.353. The highest BCUT2D eigenvalue weighted by Crippen LogP contribution is 2.37. The second-order valence-electron chi connectivity index (χ2n) is 3.30. The number of ether oxygens (including phenoxy) is 1. The van der Waals surface area contributed by atoms with Crippen molar-refractivity contribution in [1.82, 2.24) is 0 Å². The summed E-state index contributed by atoms with van der Waals surface area (Å²) >= 11 is 0. The Balaban J connectivity index is 3.18. The van der Waals surface area contributed by atoms with Gasteiger partial charge in [-0.3, -0.25) is 0 Å². The predicted molar refractivity (Wildman–Crippen MR) is 46.1 cm³/mol. The molecule has 0 radical (unpaired) electrons. The lowest BCUT2D eigenvalue weighted by Crippen LogP contribution is -2.22. The first-order chi connectivity index (χ1) is 6.36. The predicted octanol–water partition coefficient (Wildman–Crippen LogP) is 2.33. The van der Waals surface area contributed by atoms with Crippen molar-refractivity contribution in [1.29, 1.82) is 0 Å². The van der Waals surface area contributed by atoms with Crippen LogP contribution < -0.4 is 5.73 Å². The molecule has 2 N–H and O–H groups in total. The van der Waals surface area contributed by atoms with E-state index in [1.165, 1.54) is 7.11 Å². The monoisotopic (exact) mass is 207 g/mol. The van der Waals surface area contributed by atoms with Crippen LogP contribution >= 0.6 is 0 Å². The van der Waals surface area contributed by atoms with Gasteiger partial charge in [0.2, 0.25) is 0 Å². The summed E-state index contributed by atoms with van der Waals surface area (Å²) in [7, 11) is 1.24. The number of methoxy groups -OCH3 is 1. The molecule has 0 saturated carbocycles. The van der Waals surface area contributed by atoms with E-state index in [0.717, 1.165) is 6.08 Å². The van der Waals surface area contributed by atoms with E-state index in [-0.39, 0.29) is 17.4 Å². The molecule has 0 aromatic rings. The van der Waals surface area contributed by atoms with E-state index in [1.54, 1.807) is 6.92 Å². The Bertz CT molecular complexity index is 291. The fraction of sp³-hybridized carbons (Fsp3) is 0.556. The third-order valence-electron chi connectivity index (χ3n) is 2.11. The van der Waals surface area contributed by atoms with Gasteiger partial charge in [0.15, 0.2) is 0 Å². The fourth-order valence-corrected chi connectivity index (χ4v) is 1.56. The maximum Gasteiger partial charge on any atom is 0.419 e. The van der Waals surface area contributed by atoms with Crippen LogP contribution in [0.3, 0.4) is 0 Å². The van der Waals surface area contributed by atoms with Gasteiger partial charge in [-0.15, -0.1) is 0 Å². The quantitative estimate of drug-likeness (QED) is 0.716. The van der Waals surface area contributed by atoms with Gasteiger partial charge in [-0.05, 0) is 12.5 Å². The molecule has 1 aliphatic rings. The van der Waals surface area contributed by atoms with Gasteiger partial charge in [0.25, 0.3) is 0 Å². The zero-order valence-electron chi connectivity index (χ0n) is 7.98. The highest BCUT2D eigenvalue weighted by molar-refractivity contribution is 5.34. The lowest BCUT2D eigenvalue weighted by molar-refractivity contribution is -0.0927. The Hall–Kier alpha value is -1.13. The van der Waals surface area contributed by atoms with Crippen LogP contribution in [0.2, 0.25) is 0 Å². The average Bonchev–Trinajstić information content (AvgIpc) is 2.01. The van der Waals surface area contributed by atoms with Crippen LogP contribution in [0.25, 0.3) is 0 Å². The Labute approximate surface area is 80.2 Å². The standard InChI is InChI=1S/C9H12F3NO/c1-5-3-6(13)4-7(8(5)14-2)9(10,11)12/h4-5H,3,13H2,1-2H3. The summed E-state index contributed by atoms with van der Waals surface area (Å²) in [5.41, 5.74) is 4.87. The Kier molecular flexibility index (Phi) is 2.78.